The average Bonchev–Trinajstić information content (AvgIpc) is 2.30. The third-order valence-electron chi connectivity index (χ3n) is 1.90. The molecule has 1 aliphatic rings. The third-order valence-corrected chi connectivity index (χ3v) is 1.90. The van der Waals surface area contributed by atoms with Gasteiger partial charge in [0.1, 0.15) is 6.17 Å². The molecule has 0 aliphatic carbocycles. The number of rotatable bonds is 1. The Balaban J connectivity index is 2.61. The Hall–Kier alpha value is -0.840. The van der Waals surface area contributed by atoms with Crippen LogP contribution in [0.5, 0.6) is 0 Å². The molecule has 1 amide bonds. The normalized spacial score (nSPS) is 30.9. The number of likely N-dealkylation sites (tertiary alicyclic amines) is 1. The average molecular weight is 163 g/mol. The van der Waals surface area contributed by atoms with E-state index in [-0.39, 0.29) is 13.0 Å². The molecule has 0 unspecified atom stereocenters. The first-order valence-electron chi connectivity index (χ1n) is 3.41. The molecule has 1 heterocycles. The first-order chi connectivity index (χ1) is 5.16. The van der Waals surface area contributed by atoms with Gasteiger partial charge in [-0.1, -0.05) is 0 Å². The second-order valence-corrected chi connectivity index (χ2v) is 2.53. The fourth-order valence-corrected chi connectivity index (χ4v) is 1.27. The molecule has 2 atom stereocenters. The van der Waals surface area contributed by atoms with Crippen molar-refractivity contribution in [2.45, 2.75) is 18.6 Å². The first kappa shape index (κ1) is 8.26. The molecule has 0 aromatic rings. The molecular formula is C6H10FNO3. The van der Waals surface area contributed by atoms with Gasteiger partial charge in [0.05, 0.1) is 12.6 Å². The first-order valence-corrected chi connectivity index (χ1v) is 3.41. The summed E-state index contributed by atoms with van der Waals surface area (Å²) in [6.07, 6.45) is -2.18. The Labute approximate surface area is 63.2 Å². The number of aliphatic hydroxyl groups is 1. The quantitative estimate of drug-likeness (QED) is 0.575. The summed E-state index contributed by atoms with van der Waals surface area (Å²) in [5.74, 6) is 0. The van der Waals surface area contributed by atoms with E-state index in [9.17, 15) is 9.18 Å². The number of amides is 1. The number of aliphatic hydroxyl groups excluding tert-OH is 1. The highest BCUT2D eigenvalue weighted by molar-refractivity contribution is 5.66. The van der Waals surface area contributed by atoms with Crippen LogP contribution in [0.15, 0.2) is 0 Å². The Kier molecular flexibility index (Phi) is 2.28. The van der Waals surface area contributed by atoms with Crippen molar-refractivity contribution in [3.05, 3.63) is 0 Å². The van der Waals surface area contributed by atoms with Crippen molar-refractivity contribution in [1.82, 2.24) is 4.90 Å². The minimum Gasteiger partial charge on any atom is -0.465 e. The highest BCUT2D eigenvalue weighted by atomic mass is 19.1. The largest absolute Gasteiger partial charge is 0.465 e. The van der Waals surface area contributed by atoms with E-state index < -0.39 is 24.9 Å². The maximum Gasteiger partial charge on any atom is 0.407 e. The highest BCUT2D eigenvalue weighted by Crippen LogP contribution is 2.20. The van der Waals surface area contributed by atoms with Gasteiger partial charge >= 0.3 is 6.09 Å². The number of hydrogen-bond acceptors (Lipinski definition) is 2. The molecule has 0 saturated carbocycles. The maximum absolute atomic E-state index is 12.7. The Bertz CT molecular complexity index is 164. The molecule has 1 rings (SSSR count). The summed E-state index contributed by atoms with van der Waals surface area (Å²) in [6.45, 7) is -0.255. The third kappa shape index (κ3) is 1.42. The second-order valence-electron chi connectivity index (χ2n) is 2.53. The van der Waals surface area contributed by atoms with Crippen molar-refractivity contribution >= 4 is 6.09 Å². The molecule has 0 aromatic carbocycles. The number of alkyl halides is 1. The fraction of sp³-hybridized carbons (Fsp3) is 0.833. The maximum atomic E-state index is 12.7. The second kappa shape index (κ2) is 3.04. The van der Waals surface area contributed by atoms with Gasteiger partial charge in [-0.3, -0.25) is 0 Å². The smallest absolute Gasteiger partial charge is 0.407 e. The van der Waals surface area contributed by atoms with Crippen LogP contribution in [-0.4, -0.2) is 46.6 Å². The van der Waals surface area contributed by atoms with Crippen molar-refractivity contribution in [3.8, 4) is 0 Å². The SMILES string of the molecule is O=C(O)N1CC[C@H](F)[C@H]1CO. The molecular weight excluding hydrogens is 153 g/mol. The molecule has 11 heavy (non-hydrogen) atoms. The van der Waals surface area contributed by atoms with Crippen molar-refractivity contribution < 1.29 is 19.4 Å². The minimum atomic E-state index is -1.21. The number of hydrogen-bond donors (Lipinski definition) is 2. The van der Waals surface area contributed by atoms with Gasteiger partial charge < -0.3 is 15.1 Å². The lowest BCUT2D eigenvalue weighted by Crippen LogP contribution is -2.40. The molecule has 0 aromatic heterocycles. The van der Waals surface area contributed by atoms with Gasteiger partial charge in [0.25, 0.3) is 0 Å². The van der Waals surface area contributed by atoms with Crippen LogP contribution < -0.4 is 0 Å². The lowest BCUT2D eigenvalue weighted by Gasteiger charge is -2.19. The van der Waals surface area contributed by atoms with E-state index in [0.29, 0.717) is 0 Å². The van der Waals surface area contributed by atoms with Gasteiger partial charge in [0.2, 0.25) is 0 Å². The van der Waals surface area contributed by atoms with E-state index in [0.717, 1.165) is 4.90 Å². The van der Waals surface area contributed by atoms with Crippen LogP contribution in [0.3, 0.4) is 0 Å². The van der Waals surface area contributed by atoms with Crippen molar-refractivity contribution in [3.63, 3.8) is 0 Å². The molecule has 5 heteroatoms. The summed E-state index contributed by atoms with van der Waals surface area (Å²) in [5, 5.41) is 17.1. The summed E-state index contributed by atoms with van der Waals surface area (Å²) >= 11 is 0. The lowest BCUT2D eigenvalue weighted by molar-refractivity contribution is 0.0980. The zero-order valence-electron chi connectivity index (χ0n) is 5.90. The van der Waals surface area contributed by atoms with Crippen LogP contribution in [0, 0.1) is 0 Å². The van der Waals surface area contributed by atoms with Gasteiger partial charge in [-0.2, -0.15) is 0 Å². The topological polar surface area (TPSA) is 60.8 Å². The van der Waals surface area contributed by atoms with Gasteiger partial charge in [-0.05, 0) is 6.42 Å². The molecule has 1 aliphatic heterocycles. The van der Waals surface area contributed by atoms with Crippen LogP contribution in [-0.2, 0) is 0 Å². The van der Waals surface area contributed by atoms with Crippen LogP contribution in [0.1, 0.15) is 6.42 Å². The zero-order valence-corrected chi connectivity index (χ0v) is 5.90. The molecule has 64 valence electrons. The van der Waals surface area contributed by atoms with Crippen LogP contribution in [0.2, 0.25) is 0 Å². The van der Waals surface area contributed by atoms with Crippen LogP contribution >= 0.6 is 0 Å². The molecule has 4 nitrogen and oxygen atoms in total. The standard InChI is InChI=1S/C6H10FNO3/c7-4-1-2-8(6(10)11)5(4)3-9/h4-5,9H,1-3H2,(H,10,11)/t4-,5+/m0/s1. The molecule has 0 bridgehead atoms. The van der Waals surface area contributed by atoms with E-state index in [4.69, 9.17) is 10.2 Å². The minimum absolute atomic E-state index is 0.182. The van der Waals surface area contributed by atoms with E-state index in [1.165, 1.54) is 0 Å². The predicted molar refractivity (Wildman–Crippen MR) is 35.1 cm³/mol. The van der Waals surface area contributed by atoms with Gasteiger partial charge in [-0.25, -0.2) is 9.18 Å². The van der Waals surface area contributed by atoms with Crippen LogP contribution in [0.4, 0.5) is 9.18 Å². The van der Waals surface area contributed by atoms with Crippen molar-refractivity contribution in [1.29, 1.82) is 0 Å². The van der Waals surface area contributed by atoms with E-state index in [1.807, 2.05) is 0 Å². The molecule has 2 N–H and O–H groups in total. The van der Waals surface area contributed by atoms with Crippen molar-refractivity contribution in [2.24, 2.45) is 0 Å². The summed E-state index contributed by atoms with van der Waals surface area (Å²) in [7, 11) is 0. The lowest BCUT2D eigenvalue weighted by atomic mass is 10.2. The molecule has 1 fully saturated rings. The highest BCUT2D eigenvalue weighted by Gasteiger charge is 2.36. The monoisotopic (exact) mass is 163 g/mol. The summed E-state index contributed by atoms with van der Waals surface area (Å²) in [6, 6.07) is -0.854. The molecule has 0 spiro atoms. The van der Waals surface area contributed by atoms with E-state index in [1.54, 1.807) is 0 Å². The van der Waals surface area contributed by atoms with E-state index >= 15 is 0 Å². The molecule has 0 radical (unpaired) electrons. The Morgan fingerprint density at radius 3 is 2.73 bits per heavy atom. The molecule has 1 saturated heterocycles. The number of nitrogens with zero attached hydrogens (tertiary/aromatic N) is 1. The summed E-state index contributed by atoms with van der Waals surface area (Å²) in [4.78, 5) is 11.3. The van der Waals surface area contributed by atoms with Crippen molar-refractivity contribution in [2.75, 3.05) is 13.2 Å². The van der Waals surface area contributed by atoms with Gasteiger partial charge in [-0.15, -0.1) is 0 Å². The van der Waals surface area contributed by atoms with Crippen LogP contribution in [0.25, 0.3) is 0 Å². The predicted octanol–water partition coefficient (Wildman–Crippen LogP) is 0.0691. The summed E-state index contributed by atoms with van der Waals surface area (Å²) < 4.78 is 12.7. The Morgan fingerprint density at radius 1 is 1.73 bits per heavy atom. The fourth-order valence-electron chi connectivity index (χ4n) is 1.27. The van der Waals surface area contributed by atoms with Gasteiger partial charge in [0.15, 0.2) is 0 Å². The number of carboxylic acid groups (broad SMARTS) is 1. The number of halogens is 1. The summed E-state index contributed by atoms with van der Waals surface area (Å²) in [5.41, 5.74) is 0. The Morgan fingerprint density at radius 2 is 2.36 bits per heavy atom. The zero-order chi connectivity index (χ0) is 8.43. The van der Waals surface area contributed by atoms with E-state index in [2.05, 4.69) is 0 Å². The van der Waals surface area contributed by atoms with Gasteiger partial charge in [0, 0.05) is 6.54 Å². The number of carbonyl (C=O) groups is 1.